The summed E-state index contributed by atoms with van der Waals surface area (Å²) >= 11 is 3.41. The number of hydrogen-bond donors (Lipinski definition) is 1. The molecule has 0 spiro atoms. The van der Waals surface area contributed by atoms with E-state index < -0.39 is 0 Å². The van der Waals surface area contributed by atoms with Crippen molar-refractivity contribution in [2.45, 2.75) is 19.9 Å². The highest BCUT2D eigenvalue weighted by atomic mass is 79.9. The first-order chi connectivity index (χ1) is 9.13. The molecule has 0 aromatic heterocycles. The van der Waals surface area contributed by atoms with Gasteiger partial charge < -0.3 is 10.5 Å². The fourth-order valence-electron chi connectivity index (χ4n) is 2.10. The Kier molecular flexibility index (Phi) is 7.53. The zero-order valence-corrected chi connectivity index (χ0v) is 13.1. The second-order valence-corrected chi connectivity index (χ2v) is 5.10. The number of likely N-dealkylation sites (N-methyl/N-ethyl adjacent to an activating group) is 1. The maximum absolute atomic E-state index is 13.2. The van der Waals surface area contributed by atoms with Crippen molar-refractivity contribution in [1.29, 1.82) is 0 Å². The van der Waals surface area contributed by atoms with Crippen LogP contribution in [0.2, 0.25) is 0 Å². The maximum Gasteiger partial charge on any atom is 0.124 e. The highest BCUT2D eigenvalue weighted by molar-refractivity contribution is 9.10. The first-order valence-electron chi connectivity index (χ1n) is 6.60. The predicted octanol–water partition coefficient (Wildman–Crippen LogP) is 2.95. The van der Waals surface area contributed by atoms with Crippen molar-refractivity contribution >= 4 is 15.9 Å². The lowest BCUT2D eigenvalue weighted by Crippen LogP contribution is -2.36. The molecule has 5 heteroatoms. The van der Waals surface area contributed by atoms with Crippen LogP contribution in [-0.2, 0) is 4.74 Å². The van der Waals surface area contributed by atoms with E-state index in [0.717, 1.165) is 23.1 Å². The number of halogens is 2. The topological polar surface area (TPSA) is 38.5 Å². The fourth-order valence-corrected chi connectivity index (χ4v) is 2.72. The van der Waals surface area contributed by atoms with Crippen LogP contribution >= 0.6 is 15.9 Å². The molecule has 0 bridgehead atoms. The highest BCUT2D eigenvalue weighted by Gasteiger charge is 2.20. The molecule has 108 valence electrons. The minimum atomic E-state index is -0.247. The molecule has 0 aliphatic carbocycles. The summed E-state index contributed by atoms with van der Waals surface area (Å²) < 4.78 is 19.3. The molecule has 0 fully saturated rings. The van der Waals surface area contributed by atoms with Gasteiger partial charge in [-0.25, -0.2) is 4.39 Å². The number of rotatable bonds is 8. The Balaban J connectivity index is 2.84. The second-order valence-electron chi connectivity index (χ2n) is 4.24. The van der Waals surface area contributed by atoms with Crippen LogP contribution in [0, 0.1) is 5.82 Å². The zero-order chi connectivity index (χ0) is 14.3. The van der Waals surface area contributed by atoms with E-state index in [1.54, 1.807) is 6.07 Å². The van der Waals surface area contributed by atoms with Crippen LogP contribution in [0.15, 0.2) is 22.7 Å². The first kappa shape index (κ1) is 16.6. The lowest BCUT2D eigenvalue weighted by molar-refractivity contribution is 0.0979. The maximum atomic E-state index is 13.2. The van der Waals surface area contributed by atoms with Gasteiger partial charge in [0.2, 0.25) is 0 Å². The predicted molar refractivity (Wildman–Crippen MR) is 79.6 cm³/mol. The Hall–Kier alpha value is -0.490. The normalized spacial score (nSPS) is 12.9. The molecule has 0 aliphatic heterocycles. The van der Waals surface area contributed by atoms with Gasteiger partial charge >= 0.3 is 0 Å². The van der Waals surface area contributed by atoms with Crippen molar-refractivity contribution in [2.75, 3.05) is 32.8 Å². The summed E-state index contributed by atoms with van der Waals surface area (Å²) in [7, 11) is 0. The summed E-state index contributed by atoms with van der Waals surface area (Å²) in [5, 5.41) is 0. The monoisotopic (exact) mass is 332 g/mol. The van der Waals surface area contributed by atoms with Gasteiger partial charge in [-0.1, -0.05) is 28.9 Å². The van der Waals surface area contributed by atoms with E-state index in [-0.39, 0.29) is 11.9 Å². The molecule has 0 heterocycles. The summed E-state index contributed by atoms with van der Waals surface area (Å²) in [6.45, 7) is 7.64. The van der Waals surface area contributed by atoms with E-state index in [2.05, 4.69) is 27.8 Å². The summed E-state index contributed by atoms with van der Waals surface area (Å²) in [5.74, 6) is -0.247. The number of nitrogens with zero attached hydrogens (tertiary/aromatic N) is 1. The molecule has 1 aromatic rings. The van der Waals surface area contributed by atoms with Gasteiger partial charge in [0.25, 0.3) is 0 Å². The molecule has 0 amide bonds. The third-order valence-corrected chi connectivity index (χ3v) is 3.81. The Bertz CT molecular complexity index is 390. The fraction of sp³-hybridized carbons (Fsp3) is 0.571. The molecule has 2 N–H and O–H groups in total. The third kappa shape index (κ3) is 4.84. The quantitative estimate of drug-likeness (QED) is 0.744. The molecule has 1 aromatic carbocycles. The molecule has 0 aliphatic rings. The Morgan fingerprint density at radius 3 is 2.68 bits per heavy atom. The Morgan fingerprint density at radius 1 is 1.42 bits per heavy atom. The van der Waals surface area contributed by atoms with Crippen molar-refractivity contribution in [3.63, 3.8) is 0 Å². The van der Waals surface area contributed by atoms with Gasteiger partial charge in [-0.15, -0.1) is 0 Å². The summed E-state index contributed by atoms with van der Waals surface area (Å²) in [5.41, 5.74) is 6.91. The van der Waals surface area contributed by atoms with Crippen molar-refractivity contribution in [1.82, 2.24) is 4.90 Å². The average Bonchev–Trinajstić information content (AvgIpc) is 2.39. The van der Waals surface area contributed by atoms with Gasteiger partial charge in [0, 0.05) is 30.2 Å². The smallest absolute Gasteiger partial charge is 0.124 e. The summed E-state index contributed by atoms with van der Waals surface area (Å²) in [6.07, 6.45) is 0. The van der Waals surface area contributed by atoms with E-state index >= 15 is 0 Å². The summed E-state index contributed by atoms with van der Waals surface area (Å²) in [4.78, 5) is 2.24. The van der Waals surface area contributed by atoms with Crippen LogP contribution in [0.25, 0.3) is 0 Å². The standard InChI is InChI=1S/C14H22BrFN2O/c1-3-18(7-8-19-4-2)14(10-17)12-6-5-11(16)9-13(12)15/h5-6,9,14H,3-4,7-8,10,17H2,1-2H3. The lowest BCUT2D eigenvalue weighted by atomic mass is 10.1. The number of benzene rings is 1. The molecule has 3 nitrogen and oxygen atoms in total. The van der Waals surface area contributed by atoms with Gasteiger partial charge in [0.05, 0.1) is 6.61 Å². The van der Waals surface area contributed by atoms with Crippen molar-refractivity contribution in [3.8, 4) is 0 Å². The SMILES string of the molecule is CCOCCN(CC)C(CN)c1ccc(F)cc1Br. The Labute approximate surface area is 123 Å². The van der Waals surface area contributed by atoms with Crippen molar-refractivity contribution in [3.05, 3.63) is 34.1 Å². The third-order valence-electron chi connectivity index (χ3n) is 3.12. The molecule has 0 saturated carbocycles. The van der Waals surface area contributed by atoms with Crippen LogP contribution in [0.3, 0.4) is 0 Å². The lowest BCUT2D eigenvalue weighted by Gasteiger charge is -2.30. The van der Waals surface area contributed by atoms with E-state index in [1.165, 1.54) is 12.1 Å². The summed E-state index contributed by atoms with van der Waals surface area (Å²) in [6, 6.07) is 4.81. The van der Waals surface area contributed by atoms with Gasteiger partial charge in [-0.2, -0.15) is 0 Å². The van der Waals surface area contributed by atoms with E-state index in [4.69, 9.17) is 10.5 Å². The van der Waals surface area contributed by atoms with Crippen molar-refractivity contribution < 1.29 is 9.13 Å². The van der Waals surface area contributed by atoms with E-state index in [9.17, 15) is 4.39 Å². The van der Waals surface area contributed by atoms with Crippen LogP contribution in [0.4, 0.5) is 4.39 Å². The molecule has 0 radical (unpaired) electrons. The molecular weight excluding hydrogens is 311 g/mol. The minimum absolute atomic E-state index is 0.0698. The van der Waals surface area contributed by atoms with Gasteiger partial charge in [0.15, 0.2) is 0 Å². The van der Waals surface area contributed by atoms with Crippen LogP contribution in [0.1, 0.15) is 25.5 Å². The largest absolute Gasteiger partial charge is 0.380 e. The highest BCUT2D eigenvalue weighted by Crippen LogP contribution is 2.27. The minimum Gasteiger partial charge on any atom is -0.380 e. The molecule has 1 rings (SSSR count). The van der Waals surface area contributed by atoms with Crippen LogP contribution in [-0.4, -0.2) is 37.7 Å². The average molecular weight is 333 g/mol. The second kappa shape index (κ2) is 8.64. The number of ether oxygens (including phenoxy) is 1. The molecule has 0 saturated heterocycles. The van der Waals surface area contributed by atoms with Crippen molar-refractivity contribution in [2.24, 2.45) is 5.73 Å². The molecule has 1 atom stereocenters. The van der Waals surface area contributed by atoms with Gasteiger partial charge in [-0.3, -0.25) is 4.90 Å². The first-order valence-corrected chi connectivity index (χ1v) is 7.40. The molecule has 1 unspecified atom stereocenters. The number of hydrogen-bond acceptors (Lipinski definition) is 3. The van der Waals surface area contributed by atoms with Crippen LogP contribution < -0.4 is 5.73 Å². The van der Waals surface area contributed by atoms with Crippen LogP contribution in [0.5, 0.6) is 0 Å². The molecule has 19 heavy (non-hydrogen) atoms. The zero-order valence-electron chi connectivity index (χ0n) is 11.5. The number of nitrogens with two attached hydrogens (primary N) is 1. The molecular formula is C14H22BrFN2O. The van der Waals surface area contributed by atoms with Gasteiger partial charge in [-0.05, 0) is 31.2 Å². The Morgan fingerprint density at radius 2 is 2.16 bits per heavy atom. The van der Waals surface area contributed by atoms with Gasteiger partial charge in [0.1, 0.15) is 5.82 Å². The van der Waals surface area contributed by atoms with E-state index in [0.29, 0.717) is 19.8 Å². The van der Waals surface area contributed by atoms with E-state index in [1.807, 2.05) is 6.92 Å².